The number of amides is 1. The molecule has 24 heavy (non-hydrogen) atoms. The van der Waals surface area contributed by atoms with E-state index in [1.807, 2.05) is 17.0 Å². The molecule has 1 aromatic carbocycles. The van der Waals surface area contributed by atoms with Gasteiger partial charge in [0.1, 0.15) is 11.6 Å². The summed E-state index contributed by atoms with van der Waals surface area (Å²) in [7, 11) is 1.49. The third-order valence-corrected chi connectivity index (χ3v) is 4.55. The third-order valence-electron chi connectivity index (χ3n) is 4.55. The lowest BCUT2D eigenvalue weighted by Gasteiger charge is -2.25. The van der Waals surface area contributed by atoms with Gasteiger partial charge in [-0.05, 0) is 61.6 Å². The predicted octanol–water partition coefficient (Wildman–Crippen LogP) is 3.47. The summed E-state index contributed by atoms with van der Waals surface area (Å²) in [6.45, 7) is 0.708. The van der Waals surface area contributed by atoms with Crippen LogP contribution >= 0.6 is 0 Å². The molecule has 3 rings (SSSR count). The Kier molecular flexibility index (Phi) is 5.08. The van der Waals surface area contributed by atoms with Gasteiger partial charge in [0, 0.05) is 25.0 Å². The van der Waals surface area contributed by atoms with Crippen molar-refractivity contribution in [2.24, 2.45) is 0 Å². The molecule has 0 radical (unpaired) electrons. The van der Waals surface area contributed by atoms with Crippen molar-refractivity contribution in [2.75, 3.05) is 13.7 Å². The average molecular weight is 328 g/mol. The van der Waals surface area contributed by atoms with Crippen LogP contribution in [0.5, 0.6) is 5.75 Å². The maximum atomic E-state index is 13.6. The van der Waals surface area contributed by atoms with Gasteiger partial charge < -0.3 is 9.64 Å². The second-order valence-corrected chi connectivity index (χ2v) is 6.03. The molecular formula is C19H21FN2O2. The molecule has 126 valence electrons. The molecule has 0 spiro atoms. The first-order valence-corrected chi connectivity index (χ1v) is 8.22. The quantitative estimate of drug-likeness (QED) is 0.844. The number of nitrogens with zero attached hydrogens (tertiary/aromatic N) is 2. The van der Waals surface area contributed by atoms with Crippen molar-refractivity contribution >= 4 is 5.91 Å². The second kappa shape index (κ2) is 7.43. The molecule has 0 aliphatic carbocycles. The third kappa shape index (κ3) is 3.55. The summed E-state index contributed by atoms with van der Waals surface area (Å²) in [5.74, 6) is -0.156. The summed E-state index contributed by atoms with van der Waals surface area (Å²) >= 11 is 0. The van der Waals surface area contributed by atoms with Crippen LogP contribution in [-0.4, -0.2) is 35.5 Å². The molecule has 0 saturated carbocycles. The molecule has 0 N–H and O–H groups in total. The number of pyridine rings is 1. The van der Waals surface area contributed by atoms with Gasteiger partial charge in [-0.15, -0.1) is 0 Å². The first-order valence-electron chi connectivity index (χ1n) is 8.22. The van der Waals surface area contributed by atoms with E-state index >= 15 is 0 Å². The largest absolute Gasteiger partial charge is 0.496 e. The second-order valence-electron chi connectivity index (χ2n) is 6.03. The van der Waals surface area contributed by atoms with Crippen molar-refractivity contribution in [2.45, 2.75) is 31.7 Å². The van der Waals surface area contributed by atoms with Gasteiger partial charge in [0.15, 0.2) is 0 Å². The summed E-state index contributed by atoms with van der Waals surface area (Å²) in [6.07, 6.45) is 7.32. The highest BCUT2D eigenvalue weighted by Crippen LogP contribution is 2.27. The fourth-order valence-corrected chi connectivity index (χ4v) is 3.29. The van der Waals surface area contributed by atoms with Gasteiger partial charge in [-0.3, -0.25) is 9.78 Å². The number of hydrogen-bond acceptors (Lipinski definition) is 3. The highest BCUT2D eigenvalue weighted by atomic mass is 19.1. The van der Waals surface area contributed by atoms with Gasteiger partial charge >= 0.3 is 0 Å². The minimum atomic E-state index is -0.424. The monoisotopic (exact) mass is 328 g/mol. The zero-order chi connectivity index (χ0) is 16.9. The summed E-state index contributed by atoms with van der Waals surface area (Å²) in [5, 5.41) is 0. The van der Waals surface area contributed by atoms with Crippen LogP contribution in [0.1, 0.15) is 35.2 Å². The molecular weight excluding hydrogens is 307 g/mol. The van der Waals surface area contributed by atoms with Crippen molar-refractivity contribution in [3.8, 4) is 5.75 Å². The van der Waals surface area contributed by atoms with E-state index in [4.69, 9.17) is 4.74 Å². The summed E-state index contributed by atoms with van der Waals surface area (Å²) in [4.78, 5) is 18.8. The van der Waals surface area contributed by atoms with Crippen LogP contribution < -0.4 is 4.74 Å². The minimum Gasteiger partial charge on any atom is -0.496 e. The van der Waals surface area contributed by atoms with Gasteiger partial charge in [-0.2, -0.15) is 0 Å². The van der Waals surface area contributed by atoms with E-state index in [0.717, 1.165) is 25.7 Å². The van der Waals surface area contributed by atoms with Crippen molar-refractivity contribution in [1.29, 1.82) is 0 Å². The van der Waals surface area contributed by atoms with E-state index in [2.05, 4.69) is 4.98 Å². The summed E-state index contributed by atoms with van der Waals surface area (Å²) in [6, 6.07) is 8.25. The Bertz CT molecular complexity index is 706. The fourth-order valence-electron chi connectivity index (χ4n) is 3.29. The Balaban J connectivity index is 1.73. The zero-order valence-corrected chi connectivity index (χ0v) is 13.7. The van der Waals surface area contributed by atoms with E-state index in [1.54, 1.807) is 12.4 Å². The number of aryl methyl sites for hydroxylation is 1. The van der Waals surface area contributed by atoms with E-state index in [0.29, 0.717) is 17.9 Å². The lowest BCUT2D eigenvalue weighted by molar-refractivity contribution is 0.0726. The lowest BCUT2D eigenvalue weighted by Crippen LogP contribution is -2.36. The van der Waals surface area contributed by atoms with E-state index in [1.165, 1.54) is 30.9 Å². The normalized spacial score (nSPS) is 17.1. The number of halogens is 1. The first kappa shape index (κ1) is 16.4. The molecule has 1 saturated heterocycles. The molecule has 1 atom stereocenters. The van der Waals surface area contributed by atoms with Crippen LogP contribution in [0, 0.1) is 5.82 Å². The van der Waals surface area contributed by atoms with E-state index < -0.39 is 5.82 Å². The molecule has 5 heteroatoms. The molecule has 1 aliphatic heterocycles. The highest BCUT2D eigenvalue weighted by Gasteiger charge is 2.30. The van der Waals surface area contributed by atoms with Crippen LogP contribution in [0.25, 0.3) is 0 Å². The Hall–Kier alpha value is -2.43. The molecule has 4 nitrogen and oxygen atoms in total. The Morgan fingerprint density at radius 1 is 1.33 bits per heavy atom. The molecule has 1 aromatic heterocycles. The number of hydrogen-bond donors (Lipinski definition) is 0. The first-order chi connectivity index (χ1) is 11.7. The Morgan fingerprint density at radius 3 is 2.88 bits per heavy atom. The molecule has 2 aromatic rings. The maximum absolute atomic E-state index is 13.6. The van der Waals surface area contributed by atoms with Crippen molar-refractivity contribution in [3.05, 3.63) is 59.7 Å². The van der Waals surface area contributed by atoms with E-state index in [-0.39, 0.29) is 11.9 Å². The average Bonchev–Trinajstić information content (AvgIpc) is 3.08. The number of aromatic nitrogens is 1. The van der Waals surface area contributed by atoms with Crippen molar-refractivity contribution < 1.29 is 13.9 Å². The van der Waals surface area contributed by atoms with Gasteiger partial charge in [-0.1, -0.05) is 0 Å². The topological polar surface area (TPSA) is 42.4 Å². The van der Waals surface area contributed by atoms with Crippen molar-refractivity contribution in [3.63, 3.8) is 0 Å². The van der Waals surface area contributed by atoms with Crippen LogP contribution in [0.2, 0.25) is 0 Å². The minimum absolute atomic E-state index is 0.149. The number of carbonyl (C=O) groups is 1. The SMILES string of the molecule is COc1ccc(F)cc1C(=O)N1CCC[C@H]1CCc1ccncc1. The summed E-state index contributed by atoms with van der Waals surface area (Å²) < 4.78 is 18.8. The van der Waals surface area contributed by atoms with E-state index in [9.17, 15) is 9.18 Å². The van der Waals surface area contributed by atoms with Crippen molar-refractivity contribution in [1.82, 2.24) is 9.88 Å². The standard InChI is InChI=1S/C19H21FN2O2/c1-24-18-7-5-15(20)13-17(18)19(23)22-12-2-3-16(22)6-4-14-8-10-21-11-9-14/h5,7-11,13,16H,2-4,6,12H2,1H3/t16-/m0/s1. The maximum Gasteiger partial charge on any atom is 0.257 e. The lowest BCUT2D eigenvalue weighted by atomic mass is 10.0. The van der Waals surface area contributed by atoms with Gasteiger partial charge in [0.05, 0.1) is 12.7 Å². The number of rotatable bonds is 5. The van der Waals surface area contributed by atoms with Crippen LogP contribution in [0.4, 0.5) is 4.39 Å². The van der Waals surface area contributed by atoms with Gasteiger partial charge in [-0.25, -0.2) is 4.39 Å². The zero-order valence-electron chi connectivity index (χ0n) is 13.7. The fraction of sp³-hybridized carbons (Fsp3) is 0.368. The smallest absolute Gasteiger partial charge is 0.257 e. The molecule has 0 bridgehead atoms. The number of methoxy groups -OCH3 is 1. The number of benzene rings is 1. The van der Waals surface area contributed by atoms with Gasteiger partial charge in [0.2, 0.25) is 0 Å². The number of likely N-dealkylation sites (tertiary alicyclic amines) is 1. The molecule has 1 aliphatic rings. The number of carbonyl (C=O) groups excluding carboxylic acids is 1. The van der Waals surface area contributed by atoms with Crippen LogP contribution in [0.3, 0.4) is 0 Å². The molecule has 1 fully saturated rings. The predicted molar refractivity (Wildman–Crippen MR) is 89.6 cm³/mol. The summed E-state index contributed by atoms with van der Waals surface area (Å²) in [5.41, 5.74) is 1.51. The number of ether oxygens (including phenoxy) is 1. The molecule has 0 unspecified atom stereocenters. The van der Waals surface area contributed by atoms with Crippen LogP contribution in [-0.2, 0) is 6.42 Å². The highest BCUT2D eigenvalue weighted by molar-refractivity contribution is 5.97. The molecule has 2 heterocycles. The molecule has 1 amide bonds. The van der Waals surface area contributed by atoms with Gasteiger partial charge in [0.25, 0.3) is 5.91 Å². The Morgan fingerprint density at radius 2 is 2.12 bits per heavy atom. The van der Waals surface area contributed by atoms with Crippen LogP contribution in [0.15, 0.2) is 42.7 Å². The Labute approximate surface area is 141 Å².